The molecule has 0 spiro atoms. The van der Waals surface area contributed by atoms with Crippen molar-refractivity contribution in [3.63, 3.8) is 0 Å². The van der Waals surface area contributed by atoms with Crippen LogP contribution in [0.3, 0.4) is 0 Å². The molecule has 0 unspecified atom stereocenters. The van der Waals surface area contributed by atoms with E-state index in [0.717, 1.165) is 6.42 Å². The number of hydrogen-bond acceptors (Lipinski definition) is 8. The minimum atomic E-state index is -3.90. The maximum Gasteiger partial charge on any atom is 0.321 e. The quantitative estimate of drug-likeness (QED) is 0.507. The van der Waals surface area contributed by atoms with Crippen LogP contribution in [0, 0.1) is 0 Å². The van der Waals surface area contributed by atoms with Crippen molar-refractivity contribution in [1.82, 2.24) is 14.9 Å². The van der Waals surface area contributed by atoms with Gasteiger partial charge in [-0.1, -0.05) is 24.2 Å². The summed E-state index contributed by atoms with van der Waals surface area (Å²) in [6.07, 6.45) is 1.51. The number of nitrogens with zero attached hydrogens (tertiary/aromatic N) is 2. The first-order valence-electron chi connectivity index (χ1n) is 7.89. The number of ketones is 1. The Labute approximate surface area is 150 Å². The lowest BCUT2D eigenvalue weighted by Crippen LogP contribution is -2.30. The molecule has 1 aromatic heterocycles. The molecule has 2 rings (SSSR count). The third kappa shape index (κ3) is 5.46. The standard InChI is InChI=1S/C16H19N3O6S/c1-3-4-14-18-15(25-19-14)10-24-16(21)9-17-26(22,23)13-7-5-12(6-8-13)11(2)20/h5-8,17H,3-4,9-10H2,1-2H3. The highest BCUT2D eigenvalue weighted by Gasteiger charge is 2.17. The second kappa shape index (κ2) is 8.68. The van der Waals surface area contributed by atoms with E-state index in [2.05, 4.69) is 14.9 Å². The summed E-state index contributed by atoms with van der Waals surface area (Å²) in [5, 5.41) is 3.72. The molecule has 1 heterocycles. The highest BCUT2D eigenvalue weighted by atomic mass is 32.2. The molecular formula is C16H19N3O6S. The summed E-state index contributed by atoms with van der Waals surface area (Å²) >= 11 is 0. The van der Waals surface area contributed by atoms with Crippen molar-refractivity contribution < 1.29 is 27.3 Å². The number of nitrogens with one attached hydrogen (secondary N) is 1. The summed E-state index contributed by atoms with van der Waals surface area (Å²) in [6.45, 7) is 2.57. The second-order valence-corrected chi connectivity index (χ2v) is 7.19. The SMILES string of the molecule is CCCc1noc(COC(=O)CNS(=O)(=O)c2ccc(C(C)=O)cc2)n1. The van der Waals surface area contributed by atoms with Crippen molar-refractivity contribution >= 4 is 21.8 Å². The number of benzene rings is 1. The van der Waals surface area contributed by atoms with Crippen LogP contribution in [0.2, 0.25) is 0 Å². The number of aryl methyl sites for hydroxylation is 1. The molecule has 2 aromatic rings. The number of ether oxygens (including phenoxy) is 1. The molecular weight excluding hydrogens is 362 g/mol. The van der Waals surface area contributed by atoms with Gasteiger partial charge in [-0.15, -0.1) is 0 Å². The lowest BCUT2D eigenvalue weighted by molar-refractivity contribution is -0.144. The van der Waals surface area contributed by atoms with E-state index in [-0.39, 0.29) is 23.2 Å². The lowest BCUT2D eigenvalue weighted by atomic mass is 10.2. The molecule has 0 aliphatic heterocycles. The number of carbonyl (C=O) groups is 2. The molecule has 0 atom stereocenters. The Morgan fingerprint density at radius 1 is 1.23 bits per heavy atom. The van der Waals surface area contributed by atoms with Crippen LogP contribution >= 0.6 is 0 Å². The van der Waals surface area contributed by atoms with Crippen molar-refractivity contribution in [3.05, 3.63) is 41.5 Å². The van der Waals surface area contributed by atoms with Crippen molar-refractivity contribution in [1.29, 1.82) is 0 Å². The van der Waals surface area contributed by atoms with Gasteiger partial charge in [0.05, 0.1) is 4.90 Å². The van der Waals surface area contributed by atoms with Crippen LogP contribution in [0.1, 0.15) is 42.3 Å². The average molecular weight is 381 g/mol. The molecule has 140 valence electrons. The number of hydrogen-bond donors (Lipinski definition) is 1. The molecule has 1 N–H and O–H groups in total. The molecule has 0 amide bonds. The molecule has 1 aromatic carbocycles. The lowest BCUT2D eigenvalue weighted by Gasteiger charge is -2.07. The van der Waals surface area contributed by atoms with Crippen molar-refractivity contribution in [3.8, 4) is 0 Å². The summed E-state index contributed by atoms with van der Waals surface area (Å²) in [5.41, 5.74) is 0.394. The molecule has 9 nitrogen and oxygen atoms in total. The molecule has 0 aliphatic rings. The first-order valence-corrected chi connectivity index (χ1v) is 9.38. The maximum absolute atomic E-state index is 12.1. The van der Waals surface area contributed by atoms with E-state index in [0.29, 0.717) is 17.8 Å². The largest absolute Gasteiger partial charge is 0.455 e. The number of Topliss-reactive ketones (excluding diaryl/α,β-unsaturated/α-hetero) is 1. The van der Waals surface area contributed by atoms with Crippen LogP contribution in [0.25, 0.3) is 0 Å². The van der Waals surface area contributed by atoms with Crippen LogP contribution in [0.5, 0.6) is 0 Å². The van der Waals surface area contributed by atoms with E-state index in [4.69, 9.17) is 9.26 Å². The van der Waals surface area contributed by atoms with E-state index in [1.54, 1.807) is 0 Å². The molecule has 0 bridgehead atoms. The van der Waals surface area contributed by atoms with Gasteiger partial charge in [-0.3, -0.25) is 9.59 Å². The smallest absolute Gasteiger partial charge is 0.321 e. The van der Waals surface area contributed by atoms with Crippen LogP contribution in [0.4, 0.5) is 0 Å². The topological polar surface area (TPSA) is 128 Å². The third-order valence-corrected chi connectivity index (χ3v) is 4.74. The predicted molar refractivity (Wildman–Crippen MR) is 89.7 cm³/mol. The predicted octanol–water partition coefficient (Wildman–Crippen LogP) is 1.25. The fourth-order valence-electron chi connectivity index (χ4n) is 1.97. The first kappa shape index (κ1) is 19.7. The monoisotopic (exact) mass is 381 g/mol. The Morgan fingerprint density at radius 3 is 2.54 bits per heavy atom. The fraction of sp³-hybridized carbons (Fsp3) is 0.375. The number of rotatable bonds is 9. The van der Waals surface area contributed by atoms with Gasteiger partial charge in [0.2, 0.25) is 10.0 Å². The number of sulfonamides is 1. The van der Waals surface area contributed by atoms with Crippen LogP contribution in [-0.2, 0) is 32.6 Å². The van der Waals surface area contributed by atoms with Crippen LogP contribution < -0.4 is 4.72 Å². The van der Waals surface area contributed by atoms with Crippen LogP contribution in [0.15, 0.2) is 33.7 Å². The Bertz CT molecular complexity index is 874. The molecule has 26 heavy (non-hydrogen) atoms. The zero-order valence-electron chi connectivity index (χ0n) is 14.4. The Kier molecular flexibility index (Phi) is 6.58. The summed E-state index contributed by atoms with van der Waals surface area (Å²) in [5.74, 6) is -0.296. The van der Waals surface area contributed by atoms with E-state index < -0.39 is 22.5 Å². The Balaban J connectivity index is 1.85. The van der Waals surface area contributed by atoms with E-state index in [9.17, 15) is 18.0 Å². The highest BCUT2D eigenvalue weighted by Crippen LogP contribution is 2.11. The van der Waals surface area contributed by atoms with Gasteiger partial charge in [-0.2, -0.15) is 9.71 Å². The van der Waals surface area contributed by atoms with E-state index in [1.807, 2.05) is 6.92 Å². The fourth-order valence-corrected chi connectivity index (χ4v) is 2.94. The molecule has 0 fully saturated rings. The Morgan fingerprint density at radius 2 is 1.92 bits per heavy atom. The van der Waals surface area contributed by atoms with Gasteiger partial charge in [0, 0.05) is 12.0 Å². The Hall–Kier alpha value is -2.59. The summed E-state index contributed by atoms with van der Waals surface area (Å²) in [7, 11) is -3.90. The third-order valence-electron chi connectivity index (χ3n) is 3.32. The van der Waals surface area contributed by atoms with Crippen molar-refractivity contribution in [2.75, 3.05) is 6.54 Å². The number of esters is 1. The first-order chi connectivity index (χ1) is 12.3. The normalized spacial score (nSPS) is 11.3. The van der Waals surface area contributed by atoms with Crippen LogP contribution in [-0.4, -0.2) is 36.9 Å². The van der Waals surface area contributed by atoms with Crippen molar-refractivity contribution in [2.45, 2.75) is 38.2 Å². The molecule has 0 aliphatic carbocycles. The second-order valence-electron chi connectivity index (χ2n) is 5.42. The van der Waals surface area contributed by atoms with E-state index >= 15 is 0 Å². The number of aromatic nitrogens is 2. The van der Waals surface area contributed by atoms with Gasteiger partial charge in [0.25, 0.3) is 5.89 Å². The molecule has 0 radical (unpaired) electrons. The van der Waals surface area contributed by atoms with Gasteiger partial charge in [-0.25, -0.2) is 8.42 Å². The maximum atomic E-state index is 12.1. The minimum Gasteiger partial charge on any atom is -0.455 e. The average Bonchev–Trinajstić information content (AvgIpc) is 3.06. The van der Waals surface area contributed by atoms with Crippen molar-refractivity contribution in [2.24, 2.45) is 0 Å². The highest BCUT2D eigenvalue weighted by molar-refractivity contribution is 7.89. The van der Waals surface area contributed by atoms with Gasteiger partial charge in [-0.05, 0) is 25.5 Å². The minimum absolute atomic E-state index is 0.0589. The van der Waals surface area contributed by atoms with E-state index in [1.165, 1.54) is 31.2 Å². The summed E-state index contributed by atoms with van der Waals surface area (Å²) in [6, 6.07) is 5.38. The van der Waals surface area contributed by atoms with Gasteiger partial charge < -0.3 is 9.26 Å². The zero-order chi connectivity index (χ0) is 19.2. The zero-order valence-corrected chi connectivity index (χ0v) is 15.2. The molecule has 0 saturated heterocycles. The molecule has 0 saturated carbocycles. The van der Waals surface area contributed by atoms with Gasteiger partial charge >= 0.3 is 5.97 Å². The summed E-state index contributed by atoms with van der Waals surface area (Å²) in [4.78, 5) is 26.9. The number of carbonyl (C=O) groups excluding carboxylic acids is 2. The summed E-state index contributed by atoms with van der Waals surface area (Å²) < 4.78 is 36.2. The van der Waals surface area contributed by atoms with Gasteiger partial charge in [0.1, 0.15) is 6.54 Å². The van der Waals surface area contributed by atoms with Gasteiger partial charge in [0.15, 0.2) is 18.2 Å². The molecule has 10 heteroatoms.